The van der Waals surface area contributed by atoms with Gasteiger partial charge in [-0.15, -0.1) is 0 Å². The highest BCUT2D eigenvalue weighted by Crippen LogP contribution is 2.44. The molecule has 0 saturated carbocycles. The van der Waals surface area contributed by atoms with Gasteiger partial charge in [-0.1, -0.05) is 133 Å². The Morgan fingerprint density at radius 3 is 1.16 bits per heavy atom. The van der Waals surface area contributed by atoms with Crippen molar-refractivity contribution in [3.05, 3.63) is 69.8 Å². The standard InChI is InChI=1S/C31H48/c1-27(2,3)21-18-22(28(4,5)6)20-23(19-21)31(13,14)25-17-15-16-24(29(7,8)9)26(25)30(10,11)12/h15-20H,1-14H3. The first-order valence-electron chi connectivity index (χ1n) is 12.0. The molecule has 0 aromatic heterocycles. The molecule has 0 radical (unpaired) electrons. The zero-order valence-electron chi connectivity index (χ0n) is 23.0. The van der Waals surface area contributed by atoms with Crippen LogP contribution in [0, 0.1) is 0 Å². The Labute approximate surface area is 193 Å². The summed E-state index contributed by atoms with van der Waals surface area (Å²) in [5, 5.41) is 0. The van der Waals surface area contributed by atoms with E-state index in [4.69, 9.17) is 0 Å². The molecule has 0 amide bonds. The van der Waals surface area contributed by atoms with Crippen LogP contribution >= 0.6 is 0 Å². The number of hydrogen-bond donors (Lipinski definition) is 0. The molecule has 172 valence electrons. The Morgan fingerprint density at radius 1 is 0.419 bits per heavy atom. The Balaban J connectivity index is 2.91. The van der Waals surface area contributed by atoms with E-state index >= 15 is 0 Å². The lowest BCUT2D eigenvalue weighted by Crippen LogP contribution is -2.30. The van der Waals surface area contributed by atoms with Crippen LogP contribution in [0.15, 0.2) is 36.4 Å². The summed E-state index contributed by atoms with van der Waals surface area (Å²) in [5.74, 6) is 0. The maximum absolute atomic E-state index is 2.46. The molecule has 0 saturated heterocycles. The van der Waals surface area contributed by atoms with Gasteiger partial charge in [0, 0.05) is 5.41 Å². The lowest BCUT2D eigenvalue weighted by atomic mass is 9.65. The Kier molecular flexibility index (Phi) is 6.46. The number of benzene rings is 2. The summed E-state index contributed by atoms with van der Waals surface area (Å²) >= 11 is 0. The van der Waals surface area contributed by atoms with Crippen molar-refractivity contribution in [2.24, 2.45) is 0 Å². The van der Waals surface area contributed by atoms with E-state index in [0.29, 0.717) is 0 Å². The van der Waals surface area contributed by atoms with E-state index in [0.717, 1.165) is 0 Å². The third-order valence-electron chi connectivity index (χ3n) is 6.68. The van der Waals surface area contributed by atoms with Crippen molar-refractivity contribution < 1.29 is 0 Å². The summed E-state index contributed by atoms with van der Waals surface area (Å²) in [6.45, 7) is 32.9. The van der Waals surface area contributed by atoms with Gasteiger partial charge in [-0.05, 0) is 55.0 Å². The molecule has 0 bridgehead atoms. The quantitative estimate of drug-likeness (QED) is 0.454. The molecule has 0 heterocycles. The van der Waals surface area contributed by atoms with Gasteiger partial charge in [0.15, 0.2) is 0 Å². The van der Waals surface area contributed by atoms with Crippen molar-refractivity contribution in [3.8, 4) is 0 Å². The van der Waals surface area contributed by atoms with E-state index in [2.05, 4.69) is 133 Å². The van der Waals surface area contributed by atoms with Crippen molar-refractivity contribution >= 4 is 0 Å². The Morgan fingerprint density at radius 2 is 0.806 bits per heavy atom. The highest BCUT2D eigenvalue weighted by Gasteiger charge is 2.35. The SMILES string of the molecule is CC(C)(C)c1cc(C(C)(C)C)cc(C(C)(C)c2cccc(C(C)(C)C)c2C(C)(C)C)c1. The van der Waals surface area contributed by atoms with Gasteiger partial charge in [0.25, 0.3) is 0 Å². The van der Waals surface area contributed by atoms with Crippen LogP contribution in [0.5, 0.6) is 0 Å². The third kappa shape index (κ3) is 5.44. The lowest BCUT2D eigenvalue weighted by Gasteiger charge is -2.39. The Hall–Kier alpha value is -1.56. The molecule has 0 N–H and O–H groups in total. The van der Waals surface area contributed by atoms with Crippen molar-refractivity contribution in [1.82, 2.24) is 0 Å². The van der Waals surface area contributed by atoms with Gasteiger partial charge in [0.05, 0.1) is 0 Å². The summed E-state index contributed by atoms with van der Waals surface area (Å²) < 4.78 is 0. The van der Waals surface area contributed by atoms with E-state index in [9.17, 15) is 0 Å². The van der Waals surface area contributed by atoms with E-state index in [-0.39, 0.29) is 27.1 Å². The predicted octanol–water partition coefficient (Wildman–Crippen LogP) is 9.20. The van der Waals surface area contributed by atoms with Crippen molar-refractivity contribution in [3.63, 3.8) is 0 Å². The minimum absolute atomic E-state index is 0.0744. The summed E-state index contributed by atoms with van der Waals surface area (Å²) in [7, 11) is 0. The molecule has 0 fully saturated rings. The molecule has 0 unspecified atom stereocenters. The smallest absolute Gasteiger partial charge is 0.0149 e. The van der Waals surface area contributed by atoms with Crippen LogP contribution in [0.3, 0.4) is 0 Å². The highest BCUT2D eigenvalue weighted by molar-refractivity contribution is 5.52. The average Bonchev–Trinajstić information content (AvgIpc) is 2.57. The first-order chi connectivity index (χ1) is 13.7. The van der Waals surface area contributed by atoms with Gasteiger partial charge in [0.2, 0.25) is 0 Å². The molecule has 0 aliphatic carbocycles. The minimum Gasteiger partial charge on any atom is -0.0616 e. The predicted molar refractivity (Wildman–Crippen MR) is 140 cm³/mol. The molecule has 0 atom stereocenters. The van der Waals surface area contributed by atoms with Gasteiger partial charge >= 0.3 is 0 Å². The molecule has 2 rings (SSSR count). The zero-order chi connectivity index (χ0) is 24.2. The minimum atomic E-state index is -0.0921. The maximum Gasteiger partial charge on any atom is 0.0149 e. The fraction of sp³-hybridized carbons (Fsp3) is 0.613. The van der Waals surface area contributed by atoms with Crippen LogP contribution in [-0.2, 0) is 27.1 Å². The molecule has 0 heteroatoms. The molecular formula is C31H48. The second-order valence-corrected chi connectivity index (χ2v) is 14.2. The van der Waals surface area contributed by atoms with Crippen molar-refractivity contribution in [2.45, 2.75) is 124 Å². The number of hydrogen-bond acceptors (Lipinski definition) is 0. The molecule has 0 nitrogen and oxygen atoms in total. The molecule has 31 heavy (non-hydrogen) atoms. The van der Waals surface area contributed by atoms with Gasteiger partial charge in [-0.25, -0.2) is 0 Å². The summed E-state index contributed by atoms with van der Waals surface area (Å²) in [5.41, 5.74) is 9.02. The highest BCUT2D eigenvalue weighted by atomic mass is 14.4. The van der Waals surface area contributed by atoms with Crippen molar-refractivity contribution in [1.29, 1.82) is 0 Å². The first kappa shape index (κ1) is 25.7. The Bertz CT molecular complexity index is 894. The average molecular weight is 421 g/mol. The van der Waals surface area contributed by atoms with Crippen LogP contribution in [0.1, 0.15) is 130 Å². The van der Waals surface area contributed by atoms with E-state index in [1.165, 1.54) is 33.4 Å². The molecular weight excluding hydrogens is 372 g/mol. The van der Waals surface area contributed by atoms with Gasteiger partial charge in [-0.3, -0.25) is 0 Å². The van der Waals surface area contributed by atoms with Crippen LogP contribution in [0.25, 0.3) is 0 Å². The van der Waals surface area contributed by atoms with Crippen LogP contribution in [0.2, 0.25) is 0 Å². The monoisotopic (exact) mass is 420 g/mol. The molecule has 2 aromatic carbocycles. The second kappa shape index (κ2) is 7.79. The summed E-state index contributed by atoms with van der Waals surface area (Å²) in [4.78, 5) is 0. The van der Waals surface area contributed by atoms with Crippen LogP contribution < -0.4 is 0 Å². The second-order valence-electron chi connectivity index (χ2n) is 14.2. The van der Waals surface area contributed by atoms with Gasteiger partial charge < -0.3 is 0 Å². The largest absolute Gasteiger partial charge is 0.0616 e. The van der Waals surface area contributed by atoms with Crippen LogP contribution in [0.4, 0.5) is 0 Å². The normalized spacial score (nSPS) is 14.1. The molecule has 0 aliphatic heterocycles. The fourth-order valence-corrected chi connectivity index (χ4v) is 4.52. The lowest BCUT2D eigenvalue weighted by molar-refractivity contribution is 0.505. The summed E-state index contributed by atoms with van der Waals surface area (Å²) in [6, 6.07) is 14.3. The number of rotatable bonds is 2. The molecule has 0 spiro atoms. The van der Waals surface area contributed by atoms with E-state index in [1.807, 2.05) is 0 Å². The van der Waals surface area contributed by atoms with E-state index in [1.54, 1.807) is 0 Å². The molecule has 2 aromatic rings. The summed E-state index contributed by atoms with van der Waals surface area (Å²) in [6.07, 6.45) is 0. The van der Waals surface area contributed by atoms with E-state index < -0.39 is 0 Å². The van der Waals surface area contributed by atoms with Crippen molar-refractivity contribution in [2.75, 3.05) is 0 Å². The van der Waals surface area contributed by atoms with Gasteiger partial charge in [-0.2, -0.15) is 0 Å². The first-order valence-corrected chi connectivity index (χ1v) is 12.0. The van der Waals surface area contributed by atoms with Gasteiger partial charge in [0.1, 0.15) is 0 Å². The zero-order valence-corrected chi connectivity index (χ0v) is 23.0. The third-order valence-corrected chi connectivity index (χ3v) is 6.68. The topological polar surface area (TPSA) is 0 Å². The fourth-order valence-electron chi connectivity index (χ4n) is 4.52. The molecule has 0 aliphatic rings. The maximum atomic E-state index is 2.46. The van der Waals surface area contributed by atoms with Crippen LogP contribution in [-0.4, -0.2) is 0 Å².